The maximum absolute atomic E-state index is 12.5. The molecular weight excluding hydrogens is 388 g/mol. The topological polar surface area (TPSA) is 146 Å². The Morgan fingerprint density at radius 3 is 2.83 bits per heavy atom. The molecule has 1 aliphatic rings. The third kappa shape index (κ3) is 4.62. The van der Waals surface area contributed by atoms with Crippen molar-refractivity contribution in [3.63, 3.8) is 0 Å². The number of aromatic amines is 1. The molecule has 2 aromatic heterocycles. The molecular formula is C19H24N8O3. The highest BCUT2D eigenvalue weighted by Gasteiger charge is 2.23. The first-order valence-corrected chi connectivity index (χ1v) is 9.57. The Morgan fingerprint density at radius 2 is 2.13 bits per heavy atom. The summed E-state index contributed by atoms with van der Waals surface area (Å²) < 4.78 is 0. The molecule has 3 rings (SSSR count). The first kappa shape index (κ1) is 21.0. The lowest BCUT2D eigenvalue weighted by Gasteiger charge is -2.19. The van der Waals surface area contributed by atoms with Crippen LogP contribution in [-0.2, 0) is 22.5 Å². The maximum Gasteiger partial charge on any atom is 0.272 e. The number of anilines is 2. The highest BCUT2D eigenvalue weighted by molar-refractivity contribution is 6.06. The van der Waals surface area contributed by atoms with E-state index in [0.717, 1.165) is 24.2 Å². The van der Waals surface area contributed by atoms with Crippen LogP contribution in [0.3, 0.4) is 0 Å². The van der Waals surface area contributed by atoms with Gasteiger partial charge in [0.1, 0.15) is 23.5 Å². The molecule has 1 aliphatic heterocycles. The summed E-state index contributed by atoms with van der Waals surface area (Å²) in [6, 6.07) is 0. The Balaban J connectivity index is 1.58. The number of imidazole rings is 1. The summed E-state index contributed by atoms with van der Waals surface area (Å²) in [6.45, 7) is 9.70. The number of nitrogens with zero attached hydrogens (tertiary/aromatic N) is 4. The van der Waals surface area contributed by atoms with Gasteiger partial charge in [-0.15, -0.1) is 0 Å². The summed E-state index contributed by atoms with van der Waals surface area (Å²) in [5, 5.41) is 12.1. The van der Waals surface area contributed by atoms with Crippen molar-refractivity contribution in [2.24, 2.45) is 5.16 Å². The number of oxime groups is 1. The number of H-pyrrole nitrogens is 1. The van der Waals surface area contributed by atoms with Crippen molar-refractivity contribution in [3.05, 3.63) is 41.6 Å². The number of aromatic nitrogens is 4. The minimum Gasteiger partial charge on any atom is -0.371 e. The second kappa shape index (κ2) is 9.16. The number of hydrogen-bond acceptors (Lipinski definition) is 8. The molecule has 0 unspecified atom stereocenters. The highest BCUT2D eigenvalue weighted by atomic mass is 16.6. The number of carbonyl (C=O) groups excluding carboxylic acids is 2. The number of amides is 2. The molecule has 11 nitrogen and oxygen atoms in total. The lowest BCUT2D eigenvalue weighted by Crippen LogP contribution is -2.33. The standard InChI is InChI=1S/C19H24N8O3/c1-5-12-13(6-2)25-17(24-12)11(4)27-30-10(3)7-21-19(29)16-15-18(23-9-22-16)26-14(28)8-20-15/h9,20H,3,5-8H2,1-2,4H3,(H,21,29)(H,24,25)(H,22,23,26,28)/b27-11+. The van der Waals surface area contributed by atoms with Crippen molar-refractivity contribution < 1.29 is 14.4 Å². The molecule has 2 aromatic rings. The minimum absolute atomic E-state index is 0.0271. The second-order valence-electron chi connectivity index (χ2n) is 6.55. The van der Waals surface area contributed by atoms with Gasteiger partial charge in [0.15, 0.2) is 17.3 Å². The van der Waals surface area contributed by atoms with Crippen LogP contribution in [0, 0.1) is 0 Å². The fourth-order valence-electron chi connectivity index (χ4n) is 2.84. The predicted octanol–water partition coefficient (Wildman–Crippen LogP) is 1.37. The summed E-state index contributed by atoms with van der Waals surface area (Å²) in [5.41, 5.74) is 3.13. The SMILES string of the molecule is C=C(CNC(=O)c1ncnc2c1NCC(=O)N2)O/N=C(\C)c1nc(CC)c(CC)[nH]1. The molecule has 3 heterocycles. The van der Waals surface area contributed by atoms with E-state index in [1.54, 1.807) is 6.92 Å². The number of carbonyl (C=O) groups is 2. The molecule has 0 fully saturated rings. The Labute approximate surface area is 173 Å². The lowest BCUT2D eigenvalue weighted by atomic mass is 10.2. The average molecular weight is 412 g/mol. The Hall–Kier alpha value is -3.76. The van der Waals surface area contributed by atoms with E-state index in [0.29, 0.717) is 17.2 Å². The van der Waals surface area contributed by atoms with Gasteiger partial charge in [0.05, 0.1) is 18.8 Å². The van der Waals surface area contributed by atoms with Gasteiger partial charge in [0, 0.05) is 5.69 Å². The van der Waals surface area contributed by atoms with Crippen LogP contribution < -0.4 is 16.0 Å². The quantitative estimate of drug-likeness (QED) is 0.291. The molecule has 4 N–H and O–H groups in total. The van der Waals surface area contributed by atoms with E-state index < -0.39 is 5.91 Å². The van der Waals surface area contributed by atoms with Crippen LogP contribution in [0.25, 0.3) is 0 Å². The zero-order valence-electron chi connectivity index (χ0n) is 17.1. The largest absolute Gasteiger partial charge is 0.371 e. The number of fused-ring (bicyclic) bond motifs is 1. The number of aryl methyl sites for hydroxylation is 2. The van der Waals surface area contributed by atoms with Crippen molar-refractivity contribution in [2.45, 2.75) is 33.6 Å². The molecule has 2 amide bonds. The van der Waals surface area contributed by atoms with Gasteiger partial charge in [-0.25, -0.2) is 15.0 Å². The first-order chi connectivity index (χ1) is 14.4. The molecule has 30 heavy (non-hydrogen) atoms. The third-order valence-corrected chi connectivity index (χ3v) is 4.40. The van der Waals surface area contributed by atoms with Crippen molar-refractivity contribution in [1.29, 1.82) is 0 Å². The summed E-state index contributed by atoms with van der Waals surface area (Å²) in [4.78, 5) is 44.9. The lowest BCUT2D eigenvalue weighted by molar-refractivity contribution is -0.114. The van der Waals surface area contributed by atoms with Gasteiger partial charge in [-0.2, -0.15) is 0 Å². The molecule has 0 radical (unpaired) electrons. The van der Waals surface area contributed by atoms with E-state index in [1.165, 1.54) is 6.33 Å². The summed E-state index contributed by atoms with van der Waals surface area (Å²) in [5.74, 6) is 0.439. The van der Waals surface area contributed by atoms with Gasteiger partial charge in [0.25, 0.3) is 5.91 Å². The molecule has 0 bridgehead atoms. The van der Waals surface area contributed by atoms with Crippen LogP contribution in [0.2, 0.25) is 0 Å². The maximum atomic E-state index is 12.5. The normalized spacial score (nSPS) is 13.2. The Bertz CT molecular complexity index is 990. The van der Waals surface area contributed by atoms with Gasteiger partial charge in [-0.3, -0.25) is 9.59 Å². The molecule has 158 valence electrons. The fraction of sp³-hybridized carbons (Fsp3) is 0.368. The Kier molecular flexibility index (Phi) is 6.40. The van der Waals surface area contributed by atoms with Gasteiger partial charge in [0.2, 0.25) is 5.91 Å². The zero-order chi connectivity index (χ0) is 21.7. The fourth-order valence-corrected chi connectivity index (χ4v) is 2.84. The molecule has 0 saturated carbocycles. The highest BCUT2D eigenvalue weighted by Crippen LogP contribution is 2.24. The minimum atomic E-state index is -0.464. The summed E-state index contributed by atoms with van der Waals surface area (Å²) >= 11 is 0. The van der Waals surface area contributed by atoms with Crippen molar-refractivity contribution in [2.75, 3.05) is 23.7 Å². The van der Waals surface area contributed by atoms with E-state index >= 15 is 0 Å². The third-order valence-electron chi connectivity index (χ3n) is 4.40. The van der Waals surface area contributed by atoms with Gasteiger partial charge in [-0.1, -0.05) is 25.6 Å². The first-order valence-electron chi connectivity index (χ1n) is 9.57. The van der Waals surface area contributed by atoms with Crippen LogP contribution >= 0.6 is 0 Å². The summed E-state index contributed by atoms with van der Waals surface area (Å²) in [6.07, 6.45) is 2.89. The average Bonchev–Trinajstić information content (AvgIpc) is 3.18. The van der Waals surface area contributed by atoms with Crippen LogP contribution in [0.15, 0.2) is 23.8 Å². The monoisotopic (exact) mass is 412 g/mol. The molecule has 11 heteroatoms. The van der Waals surface area contributed by atoms with Crippen LogP contribution in [-0.4, -0.2) is 50.6 Å². The number of rotatable bonds is 8. The van der Waals surface area contributed by atoms with E-state index in [9.17, 15) is 9.59 Å². The van der Waals surface area contributed by atoms with E-state index in [-0.39, 0.29) is 36.3 Å². The van der Waals surface area contributed by atoms with Gasteiger partial charge in [-0.05, 0) is 19.8 Å². The molecule has 0 spiro atoms. The molecule has 0 aromatic carbocycles. The Morgan fingerprint density at radius 1 is 1.33 bits per heavy atom. The van der Waals surface area contributed by atoms with Crippen LogP contribution in [0.1, 0.15) is 48.5 Å². The molecule has 0 atom stereocenters. The number of nitrogens with one attached hydrogen (secondary N) is 4. The number of hydrogen-bond donors (Lipinski definition) is 4. The van der Waals surface area contributed by atoms with Crippen molar-refractivity contribution in [1.82, 2.24) is 25.3 Å². The summed E-state index contributed by atoms with van der Waals surface area (Å²) in [7, 11) is 0. The van der Waals surface area contributed by atoms with Crippen molar-refractivity contribution in [3.8, 4) is 0 Å². The molecule has 0 saturated heterocycles. The van der Waals surface area contributed by atoms with E-state index in [4.69, 9.17) is 4.84 Å². The zero-order valence-corrected chi connectivity index (χ0v) is 17.1. The van der Waals surface area contributed by atoms with Gasteiger partial charge < -0.3 is 25.8 Å². The van der Waals surface area contributed by atoms with Crippen molar-refractivity contribution >= 4 is 29.0 Å². The predicted molar refractivity (Wildman–Crippen MR) is 111 cm³/mol. The van der Waals surface area contributed by atoms with E-state index in [2.05, 4.69) is 54.5 Å². The van der Waals surface area contributed by atoms with Crippen LogP contribution in [0.5, 0.6) is 0 Å². The second-order valence-corrected chi connectivity index (χ2v) is 6.55. The smallest absolute Gasteiger partial charge is 0.272 e. The van der Waals surface area contributed by atoms with E-state index in [1.807, 2.05) is 6.92 Å². The van der Waals surface area contributed by atoms with Crippen LogP contribution in [0.4, 0.5) is 11.5 Å². The molecule has 0 aliphatic carbocycles. The van der Waals surface area contributed by atoms with Gasteiger partial charge >= 0.3 is 0 Å².